The van der Waals surface area contributed by atoms with E-state index in [1.165, 1.54) is 6.92 Å². The van der Waals surface area contributed by atoms with Crippen LogP contribution in [0.4, 0.5) is 0 Å². The first kappa shape index (κ1) is 12.1. The summed E-state index contributed by atoms with van der Waals surface area (Å²) in [6, 6.07) is 5.33. The fraction of sp³-hybridized carbons (Fsp3) is 0.167. The minimum Gasteiger partial charge on any atom is -0.342 e. The molecule has 0 aliphatic rings. The van der Waals surface area contributed by atoms with Gasteiger partial charge in [-0.2, -0.15) is 0 Å². The number of rotatable bonds is 3. The number of nitrogens with one attached hydrogen (secondary N) is 1. The molecule has 0 fully saturated rings. The van der Waals surface area contributed by atoms with E-state index in [2.05, 4.69) is 9.97 Å². The minimum atomic E-state index is 0.0695. The van der Waals surface area contributed by atoms with Crippen molar-refractivity contribution < 1.29 is 4.79 Å². The van der Waals surface area contributed by atoms with Crippen LogP contribution in [0.1, 0.15) is 12.7 Å². The van der Waals surface area contributed by atoms with Crippen LogP contribution < -0.4 is 0 Å². The summed E-state index contributed by atoms with van der Waals surface area (Å²) < 4.78 is 0. The van der Waals surface area contributed by atoms with E-state index in [9.17, 15) is 4.79 Å². The zero-order valence-electron chi connectivity index (χ0n) is 9.13. The first-order chi connectivity index (χ1) is 8.06. The average Bonchev–Trinajstić information content (AvgIpc) is 2.69. The van der Waals surface area contributed by atoms with Crippen LogP contribution in [0.25, 0.3) is 11.3 Å². The molecular weight excluding hydrogens is 259 g/mol. The van der Waals surface area contributed by atoms with Gasteiger partial charge < -0.3 is 4.98 Å². The molecule has 0 bridgehead atoms. The summed E-state index contributed by atoms with van der Waals surface area (Å²) in [5.74, 6) is 0.721. The highest BCUT2D eigenvalue weighted by Gasteiger charge is 2.06. The minimum absolute atomic E-state index is 0.0695. The summed E-state index contributed by atoms with van der Waals surface area (Å²) >= 11 is 11.8. The molecule has 1 aromatic heterocycles. The van der Waals surface area contributed by atoms with Gasteiger partial charge in [0.15, 0.2) is 0 Å². The normalized spacial score (nSPS) is 10.5. The largest absolute Gasteiger partial charge is 0.342 e. The summed E-state index contributed by atoms with van der Waals surface area (Å²) in [7, 11) is 0. The van der Waals surface area contributed by atoms with Crippen molar-refractivity contribution in [2.45, 2.75) is 13.3 Å². The van der Waals surface area contributed by atoms with Crippen LogP contribution in [0.3, 0.4) is 0 Å². The number of aromatic amines is 1. The molecule has 17 heavy (non-hydrogen) atoms. The van der Waals surface area contributed by atoms with Gasteiger partial charge in [0.1, 0.15) is 11.6 Å². The van der Waals surface area contributed by atoms with E-state index in [1.807, 2.05) is 6.07 Å². The van der Waals surface area contributed by atoms with Gasteiger partial charge in [-0.1, -0.05) is 29.3 Å². The third kappa shape index (κ3) is 2.87. The second-order valence-electron chi connectivity index (χ2n) is 3.75. The van der Waals surface area contributed by atoms with E-state index < -0.39 is 0 Å². The fourth-order valence-electron chi connectivity index (χ4n) is 1.50. The molecular formula is C12H10Cl2N2O. The lowest BCUT2D eigenvalue weighted by Gasteiger charge is -2.00. The highest BCUT2D eigenvalue weighted by Crippen LogP contribution is 2.27. The molecule has 0 aliphatic heterocycles. The molecule has 0 radical (unpaired) electrons. The first-order valence-electron chi connectivity index (χ1n) is 5.05. The molecule has 3 nitrogen and oxygen atoms in total. The molecule has 0 saturated carbocycles. The monoisotopic (exact) mass is 268 g/mol. The summed E-state index contributed by atoms with van der Waals surface area (Å²) in [4.78, 5) is 18.2. The number of carbonyl (C=O) groups excluding carboxylic acids is 1. The number of carbonyl (C=O) groups is 1. The molecule has 0 amide bonds. The maximum absolute atomic E-state index is 11.0. The number of nitrogens with zero attached hydrogens (tertiary/aromatic N) is 1. The summed E-state index contributed by atoms with van der Waals surface area (Å²) in [5, 5.41) is 1.01. The number of aromatic nitrogens is 2. The van der Waals surface area contributed by atoms with Crippen LogP contribution in [0.15, 0.2) is 24.4 Å². The lowest BCUT2D eigenvalue weighted by Crippen LogP contribution is -1.97. The molecule has 0 saturated heterocycles. The van der Waals surface area contributed by atoms with Crippen molar-refractivity contribution in [2.75, 3.05) is 0 Å². The van der Waals surface area contributed by atoms with Crippen LogP contribution in [0.5, 0.6) is 0 Å². The number of H-pyrrole nitrogens is 1. The Morgan fingerprint density at radius 2 is 2.12 bits per heavy atom. The van der Waals surface area contributed by atoms with Crippen molar-refractivity contribution in [1.82, 2.24) is 9.97 Å². The molecule has 0 unspecified atom stereocenters. The van der Waals surface area contributed by atoms with Crippen molar-refractivity contribution in [2.24, 2.45) is 0 Å². The third-order valence-electron chi connectivity index (χ3n) is 2.28. The molecule has 1 heterocycles. The van der Waals surface area contributed by atoms with Gasteiger partial charge in [-0.05, 0) is 19.1 Å². The second kappa shape index (κ2) is 4.90. The maximum Gasteiger partial charge on any atom is 0.137 e. The Bertz CT molecular complexity index is 563. The first-order valence-corrected chi connectivity index (χ1v) is 5.80. The lowest BCUT2D eigenvalue weighted by molar-refractivity contribution is -0.116. The Hall–Kier alpha value is -1.32. The smallest absolute Gasteiger partial charge is 0.137 e. The number of ketones is 1. The van der Waals surface area contributed by atoms with Crippen molar-refractivity contribution in [3.8, 4) is 11.3 Å². The standard InChI is InChI=1S/C12H10Cl2N2O/c1-7(17)4-12-15-6-11(16-12)8-2-3-9(13)10(14)5-8/h2-3,5-6H,4H2,1H3,(H,15,16). The van der Waals surface area contributed by atoms with Gasteiger partial charge in [-0.25, -0.2) is 4.98 Å². The van der Waals surface area contributed by atoms with Gasteiger partial charge in [-0.15, -0.1) is 0 Å². The number of benzene rings is 1. The van der Waals surface area contributed by atoms with Gasteiger partial charge in [0.25, 0.3) is 0 Å². The zero-order chi connectivity index (χ0) is 12.4. The quantitative estimate of drug-likeness (QED) is 0.926. The van der Waals surface area contributed by atoms with Gasteiger partial charge in [0, 0.05) is 5.56 Å². The van der Waals surface area contributed by atoms with Crippen molar-refractivity contribution >= 4 is 29.0 Å². The van der Waals surface area contributed by atoms with Crippen LogP contribution >= 0.6 is 23.2 Å². The van der Waals surface area contributed by atoms with Crippen LogP contribution in [0, 0.1) is 0 Å². The highest BCUT2D eigenvalue weighted by atomic mass is 35.5. The van der Waals surface area contributed by atoms with Crippen LogP contribution in [0.2, 0.25) is 10.0 Å². The number of hydrogen-bond acceptors (Lipinski definition) is 2. The van der Waals surface area contributed by atoms with E-state index in [4.69, 9.17) is 23.2 Å². The zero-order valence-corrected chi connectivity index (χ0v) is 10.6. The van der Waals surface area contributed by atoms with Crippen molar-refractivity contribution in [1.29, 1.82) is 0 Å². The predicted octanol–water partition coefficient (Wildman–Crippen LogP) is 3.52. The highest BCUT2D eigenvalue weighted by molar-refractivity contribution is 6.42. The molecule has 0 spiro atoms. The number of halogens is 2. The molecule has 1 aromatic carbocycles. The average molecular weight is 269 g/mol. The fourth-order valence-corrected chi connectivity index (χ4v) is 1.80. The van der Waals surface area contributed by atoms with E-state index in [0.29, 0.717) is 22.3 Å². The molecule has 0 aliphatic carbocycles. The Morgan fingerprint density at radius 3 is 2.76 bits per heavy atom. The molecule has 2 aromatic rings. The van der Waals surface area contributed by atoms with Gasteiger partial charge in [-0.3, -0.25) is 4.79 Å². The van der Waals surface area contributed by atoms with Crippen LogP contribution in [-0.4, -0.2) is 15.8 Å². The van der Waals surface area contributed by atoms with E-state index >= 15 is 0 Å². The Morgan fingerprint density at radius 1 is 1.35 bits per heavy atom. The van der Waals surface area contributed by atoms with Crippen molar-refractivity contribution in [3.05, 3.63) is 40.3 Å². The molecule has 0 atom stereocenters. The van der Waals surface area contributed by atoms with Crippen LogP contribution in [-0.2, 0) is 11.2 Å². The summed E-state index contributed by atoms with van der Waals surface area (Å²) in [5.41, 5.74) is 1.71. The van der Waals surface area contributed by atoms with E-state index in [0.717, 1.165) is 11.3 Å². The predicted molar refractivity (Wildman–Crippen MR) is 68.4 cm³/mol. The second-order valence-corrected chi connectivity index (χ2v) is 4.57. The molecule has 88 valence electrons. The number of Topliss-reactive ketones (excluding diaryl/α,β-unsaturated/α-hetero) is 1. The van der Waals surface area contributed by atoms with E-state index in [-0.39, 0.29) is 5.78 Å². The van der Waals surface area contributed by atoms with Gasteiger partial charge in [0.2, 0.25) is 0 Å². The van der Waals surface area contributed by atoms with Gasteiger partial charge >= 0.3 is 0 Å². The summed E-state index contributed by atoms with van der Waals surface area (Å²) in [6.07, 6.45) is 1.99. The Labute approximate surface area is 109 Å². The Kier molecular flexibility index (Phi) is 3.50. The van der Waals surface area contributed by atoms with Gasteiger partial charge in [0.05, 0.1) is 28.4 Å². The SMILES string of the molecule is CC(=O)Cc1ncc(-c2ccc(Cl)c(Cl)c2)[nH]1. The third-order valence-corrected chi connectivity index (χ3v) is 3.01. The topological polar surface area (TPSA) is 45.8 Å². The molecule has 5 heteroatoms. The lowest BCUT2D eigenvalue weighted by atomic mass is 10.2. The van der Waals surface area contributed by atoms with E-state index in [1.54, 1.807) is 18.3 Å². The molecule has 2 rings (SSSR count). The number of hydrogen-bond donors (Lipinski definition) is 1. The summed E-state index contributed by atoms with van der Waals surface area (Å²) in [6.45, 7) is 1.53. The van der Waals surface area contributed by atoms with Crippen molar-refractivity contribution in [3.63, 3.8) is 0 Å². The molecule has 1 N–H and O–H groups in total. The number of imidazole rings is 1. The maximum atomic E-state index is 11.0. The Balaban J connectivity index is 2.30.